The summed E-state index contributed by atoms with van der Waals surface area (Å²) in [5.41, 5.74) is -0.581. The van der Waals surface area contributed by atoms with E-state index in [9.17, 15) is 22.4 Å². The topological polar surface area (TPSA) is 54.9 Å². The van der Waals surface area contributed by atoms with E-state index in [0.29, 0.717) is 15.7 Å². The fraction of sp³-hybridized carbons (Fsp3) is 0.105. The second-order valence-electron chi connectivity index (χ2n) is 5.92. The van der Waals surface area contributed by atoms with Crippen molar-refractivity contribution < 1.29 is 22.4 Å². The first-order valence-corrected chi connectivity index (χ1v) is 9.95. The summed E-state index contributed by atoms with van der Waals surface area (Å²) < 4.78 is 52.8. The standard InChI is InChI=1S/C19H11Cl2F4N3OS/c20-11-5-12(21)7-14(6-11)26-17(29)9-30-18-27-15(8-16(28-18)19(23,24)25)10-1-3-13(22)4-2-10/h1-8H,9H2,(H,26,29). The number of thioether (sulfide) groups is 1. The zero-order valence-electron chi connectivity index (χ0n) is 14.8. The van der Waals surface area contributed by atoms with Gasteiger partial charge >= 0.3 is 6.18 Å². The smallest absolute Gasteiger partial charge is 0.325 e. The summed E-state index contributed by atoms with van der Waals surface area (Å²) in [6.07, 6.45) is -4.72. The van der Waals surface area contributed by atoms with Gasteiger partial charge in [-0.1, -0.05) is 35.0 Å². The fourth-order valence-electron chi connectivity index (χ4n) is 2.36. The number of amides is 1. The molecule has 0 unspecified atom stereocenters. The number of hydrogen-bond acceptors (Lipinski definition) is 4. The highest BCUT2D eigenvalue weighted by atomic mass is 35.5. The summed E-state index contributed by atoms with van der Waals surface area (Å²) in [6.45, 7) is 0. The van der Waals surface area contributed by atoms with Gasteiger partial charge < -0.3 is 5.32 Å². The largest absolute Gasteiger partial charge is 0.433 e. The van der Waals surface area contributed by atoms with Crippen molar-refractivity contribution in [1.29, 1.82) is 0 Å². The molecule has 30 heavy (non-hydrogen) atoms. The average Bonchev–Trinajstić information content (AvgIpc) is 2.65. The zero-order valence-corrected chi connectivity index (χ0v) is 17.1. The van der Waals surface area contributed by atoms with Crippen LogP contribution in [0.3, 0.4) is 0 Å². The number of benzene rings is 2. The van der Waals surface area contributed by atoms with E-state index in [1.807, 2.05) is 0 Å². The van der Waals surface area contributed by atoms with Gasteiger partial charge in [0, 0.05) is 21.3 Å². The number of nitrogens with zero attached hydrogens (tertiary/aromatic N) is 2. The van der Waals surface area contributed by atoms with Crippen LogP contribution >= 0.6 is 35.0 Å². The van der Waals surface area contributed by atoms with E-state index < -0.39 is 23.6 Å². The van der Waals surface area contributed by atoms with Gasteiger partial charge in [0.05, 0.1) is 11.4 Å². The molecule has 0 aliphatic carbocycles. The Kier molecular flexibility index (Phi) is 6.84. The van der Waals surface area contributed by atoms with Crippen LogP contribution < -0.4 is 5.32 Å². The summed E-state index contributed by atoms with van der Waals surface area (Å²) >= 11 is 12.4. The molecular formula is C19H11Cl2F4N3OS. The highest BCUT2D eigenvalue weighted by Crippen LogP contribution is 2.32. The van der Waals surface area contributed by atoms with Crippen molar-refractivity contribution in [3.05, 3.63) is 70.1 Å². The van der Waals surface area contributed by atoms with Crippen LogP contribution in [0.4, 0.5) is 23.2 Å². The Labute approximate surface area is 182 Å². The van der Waals surface area contributed by atoms with E-state index >= 15 is 0 Å². The molecule has 0 aliphatic rings. The third kappa shape index (κ3) is 6.07. The minimum absolute atomic E-state index is 0.0399. The monoisotopic (exact) mass is 475 g/mol. The van der Waals surface area contributed by atoms with Crippen molar-refractivity contribution in [2.24, 2.45) is 0 Å². The molecule has 156 valence electrons. The number of carbonyl (C=O) groups is 1. The van der Waals surface area contributed by atoms with E-state index in [1.165, 1.54) is 30.3 Å². The molecule has 0 fully saturated rings. The Hall–Kier alpha value is -2.36. The van der Waals surface area contributed by atoms with Crippen molar-refractivity contribution in [3.8, 4) is 11.3 Å². The molecule has 3 rings (SSSR count). The highest BCUT2D eigenvalue weighted by molar-refractivity contribution is 7.99. The van der Waals surface area contributed by atoms with Gasteiger partial charge in [-0.25, -0.2) is 14.4 Å². The van der Waals surface area contributed by atoms with Gasteiger partial charge in [-0.2, -0.15) is 13.2 Å². The third-order valence-corrected chi connectivity index (χ3v) is 4.90. The average molecular weight is 476 g/mol. The van der Waals surface area contributed by atoms with E-state index in [-0.39, 0.29) is 22.2 Å². The quantitative estimate of drug-likeness (QED) is 0.265. The number of rotatable bonds is 5. The van der Waals surface area contributed by atoms with Gasteiger partial charge in [0.15, 0.2) is 5.16 Å². The third-order valence-electron chi connectivity index (χ3n) is 3.61. The molecule has 0 radical (unpaired) electrons. The summed E-state index contributed by atoms with van der Waals surface area (Å²) in [5, 5.41) is 2.93. The van der Waals surface area contributed by atoms with Crippen molar-refractivity contribution in [2.45, 2.75) is 11.3 Å². The lowest BCUT2D eigenvalue weighted by molar-refractivity contribution is -0.141. The summed E-state index contributed by atoms with van der Waals surface area (Å²) in [5.74, 6) is -1.30. The maximum atomic E-state index is 13.2. The van der Waals surface area contributed by atoms with E-state index in [1.54, 1.807) is 0 Å². The summed E-state index contributed by atoms with van der Waals surface area (Å²) in [6, 6.07) is 10.0. The number of halogens is 6. The van der Waals surface area contributed by atoms with Crippen LogP contribution in [0.5, 0.6) is 0 Å². The number of anilines is 1. The molecule has 0 saturated heterocycles. The zero-order chi connectivity index (χ0) is 21.9. The molecule has 1 aromatic heterocycles. The van der Waals surface area contributed by atoms with Gasteiger partial charge in [-0.3, -0.25) is 4.79 Å². The SMILES string of the molecule is O=C(CSc1nc(-c2ccc(F)cc2)cc(C(F)(F)F)n1)Nc1cc(Cl)cc(Cl)c1. The Morgan fingerprint density at radius 3 is 2.23 bits per heavy atom. The predicted molar refractivity (Wildman–Crippen MR) is 108 cm³/mol. The maximum absolute atomic E-state index is 13.2. The fourth-order valence-corrected chi connectivity index (χ4v) is 3.54. The van der Waals surface area contributed by atoms with Crippen molar-refractivity contribution in [2.75, 3.05) is 11.1 Å². The molecule has 1 amide bonds. The van der Waals surface area contributed by atoms with Crippen molar-refractivity contribution in [1.82, 2.24) is 9.97 Å². The molecule has 0 bridgehead atoms. The Morgan fingerprint density at radius 2 is 1.63 bits per heavy atom. The van der Waals surface area contributed by atoms with Gasteiger partial charge in [-0.15, -0.1) is 0 Å². The molecule has 0 aliphatic heterocycles. The molecule has 0 atom stereocenters. The van der Waals surface area contributed by atoms with Gasteiger partial charge in [0.1, 0.15) is 11.5 Å². The number of carbonyl (C=O) groups excluding carboxylic acids is 1. The second kappa shape index (κ2) is 9.20. The van der Waals surface area contributed by atoms with E-state index in [0.717, 1.165) is 30.0 Å². The molecule has 0 spiro atoms. The minimum Gasteiger partial charge on any atom is -0.325 e. The molecule has 2 aromatic carbocycles. The molecule has 4 nitrogen and oxygen atoms in total. The number of alkyl halides is 3. The van der Waals surface area contributed by atoms with Gasteiger partial charge in [-0.05, 0) is 48.5 Å². The minimum atomic E-state index is -4.72. The lowest BCUT2D eigenvalue weighted by atomic mass is 10.1. The lowest BCUT2D eigenvalue weighted by Crippen LogP contribution is -2.15. The molecule has 0 saturated carbocycles. The van der Waals surface area contributed by atoms with Crippen molar-refractivity contribution in [3.63, 3.8) is 0 Å². The van der Waals surface area contributed by atoms with Crippen LogP contribution in [-0.4, -0.2) is 21.6 Å². The maximum Gasteiger partial charge on any atom is 0.433 e. The first-order valence-electron chi connectivity index (χ1n) is 8.21. The molecule has 1 heterocycles. The van der Waals surface area contributed by atoms with Crippen LogP contribution in [0.25, 0.3) is 11.3 Å². The molecule has 1 N–H and O–H groups in total. The number of hydrogen-bond donors (Lipinski definition) is 1. The predicted octanol–water partition coefficient (Wildman–Crippen LogP) is 6.34. The first-order chi connectivity index (χ1) is 14.1. The van der Waals surface area contributed by atoms with Crippen LogP contribution in [-0.2, 0) is 11.0 Å². The Bertz CT molecular complexity index is 1060. The normalized spacial score (nSPS) is 11.4. The van der Waals surface area contributed by atoms with E-state index in [4.69, 9.17) is 23.2 Å². The van der Waals surface area contributed by atoms with Gasteiger partial charge in [0.2, 0.25) is 5.91 Å². The molecule has 3 aromatic rings. The van der Waals surface area contributed by atoms with E-state index in [2.05, 4.69) is 15.3 Å². The first kappa shape index (κ1) is 22.3. The van der Waals surface area contributed by atoms with Crippen LogP contribution in [0, 0.1) is 5.82 Å². The number of nitrogens with one attached hydrogen (secondary N) is 1. The van der Waals surface area contributed by atoms with Crippen LogP contribution in [0.2, 0.25) is 10.0 Å². The second-order valence-corrected chi connectivity index (χ2v) is 7.74. The summed E-state index contributed by atoms with van der Waals surface area (Å²) in [4.78, 5) is 19.7. The Balaban J connectivity index is 1.79. The van der Waals surface area contributed by atoms with Crippen LogP contribution in [0.1, 0.15) is 5.69 Å². The summed E-state index contributed by atoms with van der Waals surface area (Å²) in [7, 11) is 0. The van der Waals surface area contributed by atoms with Crippen molar-refractivity contribution >= 4 is 46.6 Å². The Morgan fingerprint density at radius 1 is 1.00 bits per heavy atom. The molecular weight excluding hydrogens is 465 g/mol. The van der Waals surface area contributed by atoms with Gasteiger partial charge in [0.25, 0.3) is 0 Å². The lowest BCUT2D eigenvalue weighted by Gasteiger charge is -2.11. The highest BCUT2D eigenvalue weighted by Gasteiger charge is 2.34. The number of aromatic nitrogens is 2. The molecule has 11 heteroatoms. The van der Waals surface area contributed by atoms with Crippen LogP contribution in [0.15, 0.2) is 53.7 Å².